The monoisotopic (exact) mass is 295 g/mol. The minimum atomic E-state index is 0.621. The van der Waals surface area contributed by atoms with Crippen LogP contribution in [0.25, 0.3) is 0 Å². The van der Waals surface area contributed by atoms with Gasteiger partial charge in [0.15, 0.2) is 0 Å². The second-order valence-corrected chi connectivity index (χ2v) is 3.81. The van der Waals surface area contributed by atoms with Gasteiger partial charge in [-0.2, -0.15) is 0 Å². The molecule has 0 aliphatic carbocycles. The molecule has 0 aliphatic heterocycles. The van der Waals surface area contributed by atoms with E-state index in [0.29, 0.717) is 5.02 Å². The van der Waals surface area contributed by atoms with Gasteiger partial charge in [-0.15, -0.1) is 0 Å². The first kappa shape index (κ1) is 9.17. The van der Waals surface area contributed by atoms with Crippen molar-refractivity contribution in [1.29, 1.82) is 0 Å². The highest BCUT2D eigenvalue weighted by Gasteiger charge is 1.88. The maximum absolute atomic E-state index is 5.68. The van der Waals surface area contributed by atoms with E-state index in [0.717, 1.165) is 5.56 Å². The largest absolute Gasteiger partial charge is 0.262 e. The predicted molar refractivity (Wildman–Crippen MR) is 57.7 cm³/mol. The molecular weight excluding hydrogens is 293 g/mol. The van der Waals surface area contributed by atoms with Gasteiger partial charge in [-0.05, 0) is 20.3 Å². The van der Waals surface area contributed by atoms with Crippen LogP contribution in [0, 0.1) is 11.2 Å². The average Bonchev–Trinajstić information content (AvgIpc) is 2.01. The molecule has 0 aromatic carbocycles. The summed E-state index contributed by atoms with van der Waals surface area (Å²) in [5.41, 5.74) is 0.849. The Labute approximate surface area is 86.5 Å². The van der Waals surface area contributed by atoms with Crippen LogP contribution in [-0.4, -0.2) is 4.98 Å². The third-order valence-corrected chi connectivity index (χ3v) is 1.99. The second-order valence-electron chi connectivity index (χ2n) is 1.70. The summed E-state index contributed by atoms with van der Waals surface area (Å²) in [6.07, 6.45) is 3.27. The number of pyridine rings is 1. The molecule has 0 amide bonds. The lowest BCUT2D eigenvalue weighted by Gasteiger charge is -1.88. The molecule has 1 nitrogen and oxygen atoms in total. The third kappa shape index (κ3) is 3.32. The van der Waals surface area contributed by atoms with Crippen LogP contribution in [0.1, 0.15) is 5.56 Å². The zero-order valence-corrected chi connectivity index (χ0v) is 9.07. The first-order valence-electron chi connectivity index (χ1n) is 2.72. The summed E-state index contributed by atoms with van der Waals surface area (Å²) in [4.78, 5) is 3.89. The predicted octanol–water partition coefficient (Wildman–Crippen LogP) is 3.13. The van der Waals surface area contributed by atoms with Crippen LogP contribution in [0.3, 0.4) is 0 Å². The molecule has 11 heavy (non-hydrogen) atoms. The normalized spacial score (nSPS) is 8.55. The molecule has 1 aromatic heterocycles. The Hall–Kier alpha value is 0.0800. The second kappa shape index (κ2) is 4.86. The third-order valence-electron chi connectivity index (χ3n) is 0.939. The van der Waals surface area contributed by atoms with Crippen molar-refractivity contribution >= 4 is 41.7 Å². The first-order chi connectivity index (χ1) is 5.33. The fourth-order valence-corrected chi connectivity index (χ4v) is 1.22. The van der Waals surface area contributed by atoms with Gasteiger partial charge in [0.2, 0.25) is 0 Å². The quantitative estimate of drug-likeness (QED) is 0.539. The molecule has 1 rings (SSSR count). The summed E-state index contributed by atoms with van der Waals surface area (Å²) < 4.78 is 0. The zero-order valence-electron chi connectivity index (χ0n) is 5.34. The Morgan fingerprint density at radius 2 is 2.36 bits per heavy atom. The maximum atomic E-state index is 5.68. The van der Waals surface area contributed by atoms with Crippen molar-refractivity contribution in [2.75, 3.05) is 0 Å². The lowest BCUT2D eigenvalue weighted by atomic mass is 10.3. The lowest BCUT2D eigenvalue weighted by molar-refractivity contribution is 1.31. The van der Waals surface area contributed by atoms with E-state index in [1.807, 2.05) is 0 Å². The van der Waals surface area contributed by atoms with Crippen LogP contribution in [0.2, 0.25) is 5.02 Å². The molecule has 0 bridgehead atoms. The molecule has 56 valence electrons. The van der Waals surface area contributed by atoms with Crippen molar-refractivity contribution in [2.24, 2.45) is 0 Å². The van der Waals surface area contributed by atoms with Gasteiger partial charge in [-0.1, -0.05) is 17.5 Å². The smallest absolute Gasteiger partial charge is 0.0601 e. The van der Waals surface area contributed by atoms with Crippen LogP contribution in [0.5, 0.6) is 0 Å². The molecule has 1 aromatic rings. The molecule has 0 unspecified atom stereocenters. The van der Waals surface area contributed by atoms with Crippen LogP contribution < -0.4 is 0 Å². The molecule has 0 fully saturated rings. The molecule has 0 radical (unpaired) electrons. The molecule has 0 spiro atoms. The summed E-state index contributed by atoms with van der Waals surface area (Å²) in [7, 11) is 1.44. The SMILES string of the molecule is Clc1cncc(C#CSI)c1. The Bertz CT molecular complexity index is 305. The molecule has 0 saturated heterocycles. The van der Waals surface area contributed by atoms with Crippen LogP contribution in [-0.2, 0) is 0 Å². The van der Waals surface area contributed by atoms with Gasteiger partial charge in [-0.3, -0.25) is 4.98 Å². The highest BCUT2D eigenvalue weighted by molar-refractivity contribution is 14.2. The standard InChI is InChI=1S/C7H3ClINS/c8-7-3-6(1-2-11-9)4-10-5-7/h3-5H. The number of hydrogen-bond acceptors (Lipinski definition) is 2. The highest BCUT2D eigenvalue weighted by atomic mass is 127. The van der Waals surface area contributed by atoms with Gasteiger partial charge in [0, 0.05) is 39.2 Å². The van der Waals surface area contributed by atoms with Gasteiger partial charge < -0.3 is 0 Å². The van der Waals surface area contributed by atoms with Gasteiger partial charge in [0.05, 0.1) is 5.02 Å². The van der Waals surface area contributed by atoms with E-state index in [-0.39, 0.29) is 0 Å². The Morgan fingerprint density at radius 3 is 3.00 bits per heavy atom. The summed E-state index contributed by atoms with van der Waals surface area (Å²) in [5.74, 6) is 2.89. The molecule has 1 heterocycles. The highest BCUT2D eigenvalue weighted by Crippen LogP contribution is 2.10. The van der Waals surface area contributed by atoms with E-state index >= 15 is 0 Å². The van der Waals surface area contributed by atoms with Gasteiger partial charge in [0.1, 0.15) is 0 Å². The number of aromatic nitrogens is 1. The molecular formula is C7H3ClINS. The average molecular weight is 296 g/mol. The Balaban J connectivity index is 2.87. The van der Waals surface area contributed by atoms with E-state index in [9.17, 15) is 0 Å². The fourth-order valence-electron chi connectivity index (χ4n) is 0.558. The van der Waals surface area contributed by atoms with Crippen molar-refractivity contribution in [2.45, 2.75) is 0 Å². The summed E-state index contributed by atoms with van der Waals surface area (Å²) in [6, 6.07) is 1.79. The number of nitrogens with zero attached hydrogens (tertiary/aromatic N) is 1. The van der Waals surface area contributed by atoms with E-state index < -0.39 is 0 Å². The number of rotatable bonds is 0. The number of hydrogen-bond donors (Lipinski definition) is 0. The van der Waals surface area contributed by atoms with E-state index in [1.54, 1.807) is 18.5 Å². The zero-order chi connectivity index (χ0) is 8.10. The van der Waals surface area contributed by atoms with E-state index in [1.165, 1.54) is 8.93 Å². The molecule has 0 N–H and O–H groups in total. The summed E-state index contributed by atoms with van der Waals surface area (Å²) >= 11 is 7.80. The van der Waals surface area contributed by atoms with Crippen LogP contribution in [0.4, 0.5) is 0 Å². The maximum Gasteiger partial charge on any atom is 0.0601 e. The van der Waals surface area contributed by atoms with E-state index in [4.69, 9.17) is 11.6 Å². The molecule has 0 atom stereocenters. The summed E-state index contributed by atoms with van der Waals surface area (Å²) in [5, 5.41) is 3.47. The van der Waals surface area contributed by atoms with Crippen LogP contribution in [0.15, 0.2) is 18.5 Å². The van der Waals surface area contributed by atoms with Crippen molar-refractivity contribution in [1.82, 2.24) is 4.98 Å². The van der Waals surface area contributed by atoms with Crippen LogP contribution >= 0.6 is 41.7 Å². The van der Waals surface area contributed by atoms with Gasteiger partial charge in [-0.25, -0.2) is 0 Å². The topological polar surface area (TPSA) is 12.9 Å². The van der Waals surface area contributed by atoms with Crippen molar-refractivity contribution < 1.29 is 0 Å². The van der Waals surface area contributed by atoms with Crippen molar-refractivity contribution in [3.63, 3.8) is 0 Å². The van der Waals surface area contributed by atoms with Crippen molar-refractivity contribution in [3.05, 3.63) is 29.0 Å². The fraction of sp³-hybridized carbons (Fsp3) is 0. The molecule has 0 saturated carbocycles. The summed E-state index contributed by atoms with van der Waals surface area (Å²) in [6.45, 7) is 0. The number of halogens is 2. The first-order valence-corrected chi connectivity index (χ1v) is 6.46. The van der Waals surface area contributed by atoms with E-state index in [2.05, 4.69) is 37.4 Å². The lowest BCUT2D eigenvalue weighted by Crippen LogP contribution is -1.75. The minimum absolute atomic E-state index is 0.621. The van der Waals surface area contributed by atoms with Gasteiger partial charge in [0.25, 0.3) is 0 Å². The molecule has 0 aliphatic rings. The molecule has 4 heteroatoms. The minimum Gasteiger partial charge on any atom is -0.262 e. The van der Waals surface area contributed by atoms with Crippen molar-refractivity contribution in [3.8, 4) is 11.2 Å². The Kier molecular flexibility index (Phi) is 4.05. The van der Waals surface area contributed by atoms with Gasteiger partial charge >= 0.3 is 0 Å². The Morgan fingerprint density at radius 1 is 1.55 bits per heavy atom.